The largest absolute Gasteiger partial charge is 0.504 e. The summed E-state index contributed by atoms with van der Waals surface area (Å²) < 4.78 is 31.1. The number of rotatable bonds is 7. The van der Waals surface area contributed by atoms with E-state index in [9.17, 15) is 20.4 Å². The lowest BCUT2D eigenvalue weighted by Gasteiger charge is -2.27. The molecule has 0 saturated heterocycles. The Balaban J connectivity index is 1.78. The number of hydrogen-bond donors (Lipinski definition) is 4. The second kappa shape index (κ2) is 11.6. The first-order valence-corrected chi connectivity index (χ1v) is 17.2. The number of phenolic OH excluding ortho intramolecular Hbond substituents is 4. The van der Waals surface area contributed by atoms with Gasteiger partial charge in [-0.1, -0.05) is 121 Å². The van der Waals surface area contributed by atoms with E-state index >= 15 is 9.13 Å². The molecule has 6 rings (SSSR count). The van der Waals surface area contributed by atoms with Gasteiger partial charge in [-0.3, -0.25) is 0 Å². The Morgan fingerprint density at radius 2 is 0.591 bits per heavy atom. The van der Waals surface area contributed by atoms with Gasteiger partial charge in [0.1, 0.15) is 0 Å². The minimum Gasteiger partial charge on any atom is -0.504 e. The first-order chi connectivity index (χ1) is 21.3. The van der Waals surface area contributed by atoms with Gasteiger partial charge in [-0.2, -0.15) is 0 Å². The number of aromatic hydroxyl groups is 4. The molecule has 4 N–H and O–H groups in total. The molecule has 0 heterocycles. The molecule has 0 amide bonds. The monoisotopic (exact) mass is 618 g/mol. The van der Waals surface area contributed by atoms with Crippen molar-refractivity contribution < 1.29 is 29.6 Å². The average Bonchev–Trinajstić information content (AvgIpc) is 3.08. The molecule has 218 valence electrons. The zero-order valence-electron chi connectivity index (χ0n) is 23.4. The van der Waals surface area contributed by atoms with E-state index in [0.717, 1.165) is 0 Å². The van der Waals surface area contributed by atoms with Crippen molar-refractivity contribution >= 4 is 46.1 Å². The summed E-state index contributed by atoms with van der Waals surface area (Å²) >= 11 is 0. The molecule has 0 radical (unpaired) electrons. The Morgan fingerprint density at radius 1 is 0.341 bits per heavy atom. The Bertz CT molecular complexity index is 1810. The van der Waals surface area contributed by atoms with Crippen LogP contribution in [0.5, 0.6) is 23.0 Å². The lowest BCUT2D eigenvalue weighted by atomic mass is 10.0. The van der Waals surface area contributed by atoms with E-state index in [2.05, 4.69) is 0 Å². The van der Waals surface area contributed by atoms with Crippen LogP contribution >= 0.6 is 14.3 Å². The number of phenols is 4. The van der Waals surface area contributed by atoms with Crippen LogP contribution in [0.1, 0.15) is 0 Å². The maximum atomic E-state index is 15.6. The highest BCUT2D eigenvalue weighted by atomic mass is 31.2. The Morgan fingerprint density at radius 3 is 0.841 bits per heavy atom. The first kappa shape index (κ1) is 29.1. The van der Waals surface area contributed by atoms with Crippen molar-refractivity contribution in [2.75, 3.05) is 0 Å². The van der Waals surface area contributed by atoms with Crippen molar-refractivity contribution in [3.63, 3.8) is 0 Å². The van der Waals surface area contributed by atoms with E-state index in [1.165, 1.54) is 24.3 Å². The van der Waals surface area contributed by atoms with E-state index in [0.29, 0.717) is 21.2 Å². The van der Waals surface area contributed by atoms with Crippen molar-refractivity contribution in [2.45, 2.75) is 0 Å². The van der Waals surface area contributed by atoms with Gasteiger partial charge in [-0.15, -0.1) is 0 Å². The number of benzene rings is 6. The van der Waals surface area contributed by atoms with Gasteiger partial charge in [0.05, 0.1) is 0 Å². The predicted octanol–water partition coefficient (Wildman–Crippen LogP) is 5.45. The smallest absolute Gasteiger partial charge is 0.171 e. The summed E-state index contributed by atoms with van der Waals surface area (Å²) in [5, 5.41) is 46.7. The molecule has 8 heteroatoms. The molecule has 0 aliphatic rings. The molecule has 0 spiro atoms. The molecule has 0 aliphatic heterocycles. The number of hydrogen-bond acceptors (Lipinski definition) is 6. The maximum Gasteiger partial charge on any atom is 0.171 e. The fraction of sp³-hybridized carbons (Fsp3) is 0. The quantitative estimate of drug-likeness (QED) is 0.140. The minimum absolute atomic E-state index is 0.0834. The zero-order chi connectivity index (χ0) is 30.9. The SMILES string of the molecule is O=P(c1ccccc1)(c1ccccc1)c1ccc(O)c(O)c1-c1c(P(=O)(c2ccccc2)c2ccccc2)ccc(O)c1O. The summed E-state index contributed by atoms with van der Waals surface area (Å²) in [4.78, 5) is 0. The summed E-state index contributed by atoms with van der Waals surface area (Å²) in [6.45, 7) is 0. The molecule has 6 aromatic carbocycles. The highest BCUT2D eigenvalue weighted by Crippen LogP contribution is 2.54. The summed E-state index contributed by atoms with van der Waals surface area (Å²) in [7, 11) is -7.66. The minimum atomic E-state index is -3.83. The molecular weight excluding hydrogens is 590 g/mol. The van der Waals surface area contributed by atoms with Crippen LogP contribution in [0.25, 0.3) is 11.1 Å². The first-order valence-electron chi connectivity index (χ1n) is 13.8. The van der Waals surface area contributed by atoms with Crippen LogP contribution in [0.15, 0.2) is 146 Å². The van der Waals surface area contributed by atoms with E-state index in [1.54, 1.807) is 121 Å². The van der Waals surface area contributed by atoms with Gasteiger partial charge in [0.15, 0.2) is 37.3 Å². The van der Waals surface area contributed by atoms with Crippen molar-refractivity contribution in [2.24, 2.45) is 0 Å². The molecule has 44 heavy (non-hydrogen) atoms. The van der Waals surface area contributed by atoms with Crippen LogP contribution in [0.4, 0.5) is 0 Å². The second-order valence-electron chi connectivity index (χ2n) is 10.2. The molecule has 0 fully saturated rings. The predicted molar refractivity (Wildman–Crippen MR) is 177 cm³/mol. The summed E-state index contributed by atoms with van der Waals surface area (Å²) in [5.41, 5.74) is -0.395. The van der Waals surface area contributed by atoms with Crippen LogP contribution in [0.3, 0.4) is 0 Å². The molecular formula is C36H28O6P2. The average molecular weight is 619 g/mol. The molecule has 0 aliphatic carbocycles. The van der Waals surface area contributed by atoms with Crippen molar-refractivity contribution in [1.82, 2.24) is 0 Å². The Labute approximate surface area is 254 Å². The fourth-order valence-electron chi connectivity index (χ4n) is 5.56. The molecule has 6 aromatic rings. The third-order valence-corrected chi connectivity index (χ3v) is 13.9. The topological polar surface area (TPSA) is 115 Å². The summed E-state index contributed by atoms with van der Waals surface area (Å²) in [5.74, 6) is -2.44. The summed E-state index contributed by atoms with van der Waals surface area (Å²) in [6.07, 6.45) is 0. The summed E-state index contributed by atoms with van der Waals surface area (Å²) in [6, 6.07) is 40.2. The van der Waals surface area contributed by atoms with Crippen LogP contribution in [-0.4, -0.2) is 20.4 Å². The van der Waals surface area contributed by atoms with E-state index in [-0.39, 0.29) is 21.7 Å². The van der Waals surface area contributed by atoms with Gasteiger partial charge in [0, 0.05) is 43.0 Å². The fourth-order valence-corrected chi connectivity index (χ4v) is 11.3. The van der Waals surface area contributed by atoms with Crippen LogP contribution in [0, 0.1) is 0 Å². The van der Waals surface area contributed by atoms with Crippen LogP contribution in [-0.2, 0) is 9.13 Å². The molecule has 0 aromatic heterocycles. The Kier molecular flexibility index (Phi) is 7.65. The third kappa shape index (κ3) is 4.69. The molecule has 0 bridgehead atoms. The second-order valence-corrected chi connectivity index (χ2v) is 15.7. The van der Waals surface area contributed by atoms with Gasteiger partial charge in [0.2, 0.25) is 0 Å². The van der Waals surface area contributed by atoms with Gasteiger partial charge in [-0.25, -0.2) is 0 Å². The van der Waals surface area contributed by atoms with E-state index in [4.69, 9.17) is 0 Å². The van der Waals surface area contributed by atoms with Gasteiger partial charge >= 0.3 is 0 Å². The van der Waals surface area contributed by atoms with Crippen molar-refractivity contribution in [1.29, 1.82) is 0 Å². The third-order valence-electron chi connectivity index (χ3n) is 7.68. The van der Waals surface area contributed by atoms with E-state index < -0.39 is 37.3 Å². The van der Waals surface area contributed by atoms with Gasteiger partial charge in [-0.05, 0) is 24.3 Å². The molecule has 0 atom stereocenters. The van der Waals surface area contributed by atoms with Crippen molar-refractivity contribution in [3.8, 4) is 34.1 Å². The standard InChI is InChI=1S/C36H28O6P2/c37-29-21-23-31(43(41,25-13-5-1-6-14-25)26-15-7-2-8-16-26)33(35(29)39)34-32(24-22-30(38)36(34)40)44(42,27-17-9-3-10-18-27)28-19-11-4-12-20-28/h1-24,37-40H. The lowest BCUT2D eigenvalue weighted by Crippen LogP contribution is -2.29. The zero-order valence-corrected chi connectivity index (χ0v) is 25.1. The van der Waals surface area contributed by atoms with Gasteiger partial charge in [0.25, 0.3) is 0 Å². The van der Waals surface area contributed by atoms with E-state index in [1.807, 2.05) is 0 Å². The van der Waals surface area contributed by atoms with Crippen LogP contribution < -0.4 is 31.8 Å². The van der Waals surface area contributed by atoms with Crippen LogP contribution in [0.2, 0.25) is 0 Å². The Hall–Kier alpha value is -5.02. The van der Waals surface area contributed by atoms with Gasteiger partial charge < -0.3 is 29.6 Å². The maximum absolute atomic E-state index is 15.6. The molecule has 0 saturated carbocycles. The normalized spacial score (nSPS) is 11.7. The molecule has 6 nitrogen and oxygen atoms in total. The molecule has 0 unspecified atom stereocenters. The van der Waals surface area contributed by atoms with Crippen molar-refractivity contribution in [3.05, 3.63) is 146 Å². The highest BCUT2D eigenvalue weighted by Gasteiger charge is 2.40. The lowest BCUT2D eigenvalue weighted by molar-refractivity contribution is 0.400. The highest BCUT2D eigenvalue weighted by molar-refractivity contribution is 7.86.